The standard InChI is InChI=1S/C25H24N4O2/c1-17-4-6-21(14-18(17)2)29-13-10-19(16-29)24(31)28-20-5-7-23(27-15-20)25(26-3)11-8-22(30)9-12-25/h4-7,10,13-16H,8-9,11-12H2,1-2H3,(H,28,31). The second kappa shape index (κ2) is 8.19. The Morgan fingerprint density at radius 2 is 1.90 bits per heavy atom. The Balaban J connectivity index is 1.47. The summed E-state index contributed by atoms with van der Waals surface area (Å²) >= 11 is 0. The zero-order chi connectivity index (χ0) is 22.0. The topological polar surface area (TPSA) is 68.3 Å². The molecule has 3 aromatic rings. The van der Waals surface area contributed by atoms with Gasteiger partial charge in [-0.1, -0.05) is 6.07 Å². The smallest absolute Gasteiger partial charge is 0.274 e. The molecule has 2 aromatic heterocycles. The van der Waals surface area contributed by atoms with Crippen molar-refractivity contribution in [2.75, 3.05) is 5.32 Å². The summed E-state index contributed by atoms with van der Waals surface area (Å²) in [5, 5.41) is 2.86. The molecule has 1 aliphatic rings. The zero-order valence-electron chi connectivity index (χ0n) is 17.7. The molecule has 1 aromatic carbocycles. The third-order valence-electron chi connectivity index (χ3n) is 6.09. The summed E-state index contributed by atoms with van der Waals surface area (Å²) in [6.45, 7) is 11.8. The van der Waals surface area contributed by atoms with Crippen molar-refractivity contribution in [2.45, 2.75) is 45.1 Å². The van der Waals surface area contributed by atoms with Gasteiger partial charge in [0.25, 0.3) is 11.4 Å². The van der Waals surface area contributed by atoms with Crippen LogP contribution >= 0.6 is 0 Å². The lowest BCUT2D eigenvalue weighted by Crippen LogP contribution is -2.29. The van der Waals surface area contributed by atoms with Crippen LogP contribution in [0.15, 0.2) is 55.0 Å². The van der Waals surface area contributed by atoms with Crippen molar-refractivity contribution in [3.8, 4) is 5.69 Å². The molecule has 31 heavy (non-hydrogen) atoms. The number of Topliss-reactive ketones (excluding diaryl/α,β-unsaturated/α-hetero) is 1. The first-order chi connectivity index (χ1) is 14.9. The highest BCUT2D eigenvalue weighted by molar-refractivity contribution is 6.04. The SMILES string of the molecule is [C-]#[N+]C1(c2ccc(NC(=O)c3ccn(-c4ccc(C)c(C)c4)c3)cn2)CCC(=O)CC1. The van der Waals surface area contributed by atoms with Gasteiger partial charge in [-0.3, -0.25) is 14.6 Å². The summed E-state index contributed by atoms with van der Waals surface area (Å²) in [6.07, 6.45) is 7.08. The number of benzene rings is 1. The minimum absolute atomic E-state index is 0.205. The highest BCUT2D eigenvalue weighted by Gasteiger charge is 2.43. The number of nitrogens with one attached hydrogen (secondary N) is 1. The van der Waals surface area contributed by atoms with Crippen molar-refractivity contribution in [1.82, 2.24) is 9.55 Å². The van der Waals surface area contributed by atoms with Gasteiger partial charge in [-0.2, -0.15) is 0 Å². The number of carbonyl (C=O) groups is 2. The molecule has 0 unspecified atom stereocenters. The summed E-state index contributed by atoms with van der Waals surface area (Å²) in [6, 6.07) is 11.5. The Kier molecular flexibility index (Phi) is 5.43. The zero-order valence-corrected chi connectivity index (χ0v) is 17.7. The Bertz CT molecular complexity index is 1170. The molecule has 1 saturated carbocycles. The number of amides is 1. The fourth-order valence-electron chi connectivity index (χ4n) is 3.89. The van der Waals surface area contributed by atoms with Crippen LogP contribution in [0.5, 0.6) is 0 Å². The predicted molar refractivity (Wildman–Crippen MR) is 119 cm³/mol. The maximum atomic E-state index is 12.7. The number of pyridine rings is 1. The first-order valence-electron chi connectivity index (χ1n) is 10.3. The summed E-state index contributed by atoms with van der Waals surface area (Å²) in [4.78, 5) is 32.5. The van der Waals surface area contributed by atoms with Crippen LogP contribution in [0.4, 0.5) is 5.69 Å². The Hall–Kier alpha value is -3.72. The molecule has 0 saturated heterocycles. The third-order valence-corrected chi connectivity index (χ3v) is 6.09. The monoisotopic (exact) mass is 412 g/mol. The van der Waals surface area contributed by atoms with Gasteiger partial charge in [0.2, 0.25) is 0 Å². The normalized spacial score (nSPS) is 15.3. The molecule has 1 fully saturated rings. The van der Waals surface area contributed by atoms with E-state index in [0.29, 0.717) is 42.6 Å². The third kappa shape index (κ3) is 4.13. The number of nitrogens with zero attached hydrogens (tertiary/aromatic N) is 3. The second-order valence-electron chi connectivity index (χ2n) is 8.14. The average molecular weight is 412 g/mol. The lowest BCUT2D eigenvalue weighted by molar-refractivity contribution is -0.121. The number of ketones is 1. The van der Waals surface area contributed by atoms with E-state index in [2.05, 4.69) is 41.1 Å². The van der Waals surface area contributed by atoms with Crippen LogP contribution < -0.4 is 5.32 Å². The van der Waals surface area contributed by atoms with Crippen molar-refractivity contribution in [3.63, 3.8) is 0 Å². The van der Waals surface area contributed by atoms with Gasteiger partial charge in [0.15, 0.2) is 0 Å². The van der Waals surface area contributed by atoms with Crippen molar-refractivity contribution in [1.29, 1.82) is 0 Å². The van der Waals surface area contributed by atoms with E-state index in [1.165, 1.54) is 11.1 Å². The molecule has 0 aliphatic heterocycles. The number of anilines is 1. The predicted octanol–water partition coefficient (Wildman–Crippen LogP) is 5.00. The minimum atomic E-state index is -0.736. The highest BCUT2D eigenvalue weighted by atomic mass is 16.1. The quantitative estimate of drug-likeness (QED) is 0.613. The van der Waals surface area contributed by atoms with E-state index >= 15 is 0 Å². The van der Waals surface area contributed by atoms with Crippen molar-refractivity contribution in [3.05, 3.63) is 88.8 Å². The van der Waals surface area contributed by atoms with E-state index in [0.717, 1.165) is 5.69 Å². The molecule has 4 rings (SSSR count). The summed E-state index contributed by atoms with van der Waals surface area (Å²) in [5.41, 5.74) is 4.47. The van der Waals surface area contributed by atoms with Crippen molar-refractivity contribution >= 4 is 17.4 Å². The van der Waals surface area contributed by atoms with Crippen molar-refractivity contribution in [2.24, 2.45) is 0 Å². The molecule has 6 heteroatoms. The lowest BCUT2D eigenvalue weighted by atomic mass is 9.79. The van der Waals surface area contributed by atoms with E-state index in [9.17, 15) is 9.59 Å². The molecule has 0 spiro atoms. The van der Waals surface area contributed by atoms with Crippen LogP contribution in [-0.4, -0.2) is 21.2 Å². The van der Waals surface area contributed by atoms with Gasteiger partial charge in [0, 0.05) is 43.8 Å². The van der Waals surface area contributed by atoms with Crippen LogP contribution in [0.2, 0.25) is 0 Å². The second-order valence-corrected chi connectivity index (χ2v) is 8.14. The Labute approximate surface area is 181 Å². The number of hydrogen-bond donors (Lipinski definition) is 1. The van der Waals surface area contributed by atoms with Crippen molar-refractivity contribution < 1.29 is 9.59 Å². The minimum Gasteiger partial charge on any atom is -0.323 e. The molecule has 156 valence electrons. The fraction of sp³-hybridized carbons (Fsp3) is 0.280. The van der Waals surface area contributed by atoms with E-state index < -0.39 is 5.54 Å². The molecule has 2 heterocycles. The molecule has 0 bridgehead atoms. The summed E-state index contributed by atoms with van der Waals surface area (Å²) < 4.78 is 1.92. The maximum Gasteiger partial charge on any atom is 0.274 e. The first-order valence-corrected chi connectivity index (χ1v) is 10.3. The van der Waals surface area contributed by atoms with E-state index in [4.69, 9.17) is 6.57 Å². The van der Waals surface area contributed by atoms with Crippen LogP contribution in [0.25, 0.3) is 10.5 Å². The highest BCUT2D eigenvalue weighted by Crippen LogP contribution is 2.38. The van der Waals surface area contributed by atoms with Crippen LogP contribution in [0.3, 0.4) is 0 Å². The number of rotatable bonds is 4. The molecule has 1 amide bonds. The Morgan fingerprint density at radius 3 is 2.55 bits per heavy atom. The Morgan fingerprint density at radius 1 is 1.13 bits per heavy atom. The molecule has 0 radical (unpaired) electrons. The van der Waals surface area contributed by atoms with Crippen LogP contribution in [0.1, 0.15) is 52.9 Å². The molecular formula is C25H24N4O2. The number of carbonyl (C=O) groups excluding carboxylic acids is 2. The largest absolute Gasteiger partial charge is 0.323 e. The van der Waals surface area contributed by atoms with Gasteiger partial charge in [0.1, 0.15) is 11.5 Å². The van der Waals surface area contributed by atoms with Crippen LogP contribution in [-0.2, 0) is 10.3 Å². The average Bonchev–Trinajstić information content (AvgIpc) is 3.28. The summed E-state index contributed by atoms with van der Waals surface area (Å²) in [5.74, 6) is -0.0174. The molecule has 1 aliphatic carbocycles. The molecule has 0 atom stereocenters. The maximum absolute atomic E-state index is 12.7. The molecule has 6 nitrogen and oxygen atoms in total. The number of aryl methyl sites for hydroxylation is 2. The fourth-order valence-corrected chi connectivity index (χ4v) is 3.89. The first kappa shape index (κ1) is 20.5. The molecular weight excluding hydrogens is 388 g/mol. The van der Waals surface area contributed by atoms with Gasteiger partial charge in [-0.05, 0) is 55.3 Å². The van der Waals surface area contributed by atoms with Crippen LogP contribution in [0, 0.1) is 20.4 Å². The summed E-state index contributed by atoms with van der Waals surface area (Å²) in [7, 11) is 0. The lowest BCUT2D eigenvalue weighted by Gasteiger charge is -2.24. The number of hydrogen-bond acceptors (Lipinski definition) is 3. The van der Waals surface area contributed by atoms with Gasteiger partial charge in [-0.15, -0.1) is 0 Å². The van der Waals surface area contributed by atoms with E-state index in [1.54, 1.807) is 30.6 Å². The van der Waals surface area contributed by atoms with Gasteiger partial charge in [0.05, 0.1) is 17.4 Å². The van der Waals surface area contributed by atoms with Gasteiger partial charge in [-0.25, -0.2) is 6.57 Å². The number of aromatic nitrogens is 2. The van der Waals surface area contributed by atoms with Gasteiger partial charge < -0.3 is 14.7 Å². The van der Waals surface area contributed by atoms with E-state index in [1.807, 2.05) is 16.8 Å². The van der Waals surface area contributed by atoms with Gasteiger partial charge >= 0.3 is 0 Å². The molecule has 1 N–H and O–H groups in total. The van der Waals surface area contributed by atoms with E-state index in [-0.39, 0.29) is 11.7 Å².